The maximum Gasteiger partial charge on any atom is 0.334 e. The number of allylic oxidation sites excluding steroid dienone is 1. The normalized spacial score (nSPS) is 19.0. The Balaban J connectivity index is 2.61. The number of carbonyl (C=O) groups excluding carboxylic acids is 2. The number of hydrogen-bond acceptors (Lipinski definition) is 6. The van der Waals surface area contributed by atoms with Gasteiger partial charge in [0.1, 0.15) is 0 Å². The lowest BCUT2D eigenvalue weighted by Gasteiger charge is -2.19. The lowest BCUT2D eigenvalue weighted by molar-refractivity contribution is -0.146. The second-order valence-corrected chi connectivity index (χ2v) is 5.96. The Labute approximate surface area is 146 Å². The second-order valence-electron chi connectivity index (χ2n) is 5.96. The number of fused-ring (bicyclic) bond motifs is 1. The van der Waals surface area contributed by atoms with Crippen molar-refractivity contribution in [3.8, 4) is 17.2 Å². The first kappa shape index (κ1) is 18.6. The van der Waals surface area contributed by atoms with Crippen LogP contribution in [-0.2, 0) is 9.53 Å². The molecule has 0 amide bonds. The van der Waals surface area contributed by atoms with Crippen LogP contribution >= 0.6 is 0 Å². The van der Waals surface area contributed by atoms with Crippen LogP contribution in [0, 0.1) is 0 Å². The molecule has 1 aromatic rings. The third-order valence-corrected chi connectivity index (χ3v) is 4.12. The average Bonchev–Trinajstić information content (AvgIpc) is 2.91. The number of Topliss-reactive ketones (excluding diaryl/α,β-unsaturated/α-hetero) is 1. The molecule has 2 rings (SSSR count). The van der Waals surface area contributed by atoms with Gasteiger partial charge < -0.3 is 19.3 Å². The third kappa shape index (κ3) is 3.24. The van der Waals surface area contributed by atoms with Crippen LogP contribution in [-0.4, -0.2) is 30.1 Å². The molecule has 1 aliphatic rings. The van der Waals surface area contributed by atoms with E-state index in [-0.39, 0.29) is 28.6 Å². The van der Waals surface area contributed by atoms with Crippen molar-refractivity contribution in [2.75, 3.05) is 7.11 Å². The number of hydrogen-bond donors (Lipinski definition) is 1. The van der Waals surface area contributed by atoms with Crippen LogP contribution in [0.25, 0.3) is 0 Å². The van der Waals surface area contributed by atoms with Gasteiger partial charge in [-0.25, -0.2) is 4.79 Å². The van der Waals surface area contributed by atoms with Gasteiger partial charge in [0.25, 0.3) is 0 Å². The van der Waals surface area contributed by atoms with Crippen molar-refractivity contribution in [1.29, 1.82) is 0 Å². The Morgan fingerprint density at radius 3 is 2.44 bits per heavy atom. The number of esters is 1. The summed E-state index contributed by atoms with van der Waals surface area (Å²) in [6.45, 7) is 10.3. The number of ketones is 1. The summed E-state index contributed by atoms with van der Waals surface area (Å²) in [5.41, 5.74) is 1.62. The standard InChI is InChI=1S/C19H22O6/c1-7-10(4)19(22)25-16-13-8-12(11(5)20)14(21)18(23-6)17(13)24-15(16)9(2)3/h7-8,15-16,21H,2H2,1,3-6H3/b10-7-/t15-,16-/m1/s1. The van der Waals surface area contributed by atoms with Crippen LogP contribution in [0.5, 0.6) is 17.2 Å². The number of phenols is 1. The highest BCUT2D eigenvalue weighted by Crippen LogP contribution is 2.51. The van der Waals surface area contributed by atoms with Gasteiger partial charge in [-0.3, -0.25) is 4.79 Å². The molecule has 6 heteroatoms. The van der Waals surface area contributed by atoms with Gasteiger partial charge in [0, 0.05) is 11.1 Å². The van der Waals surface area contributed by atoms with Crippen molar-refractivity contribution >= 4 is 11.8 Å². The molecule has 0 unspecified atom stereocenters. The fourth-order valence-electron chi connectivity index (χ4n) is 2.60. The maximum atomic E-state index is 12.2. The molecule has 134 valence electrons. The zero-order valence-electron chi connectivity index (χ0n) is 15.0. The molecule has 25 heavy (non-hydrogen) atoms. The number of rotatable bonds is 5. The van der Waals surface area contributed by atoms with Crippen LogP contribution in [0.15, 0.2) is 29.9 Å². The lowest BCUT2D eigenvalue weighted by atomic mass is 9.98. The summed E-state index contributed by atoms with van der Waals surface area (Å²) in [7, 11) is 1.36. The summed E-state index contributed by atoms with van der Waals surface area (Å²) < 4.78 is 16.7. The van der Waals surface area contributed by atoms with Gasteiger partial charge in [0.05, 0.1) is 12.7 Å². The van der Waals surface area contributed by atoms with Crippen molar-refractivity contribution in [2.24, 2.45) is 0 Å². The smallest absolute Gasteiger partial charge is 0.334 e. The van der Waals surface area contributed by atoms with Crippen molar-refractivity contribution in [3.05, 3.63) is 41.0 Å². The Hall–Kier alpha value is -2.76. The molecule has 1 aromatic carbocycles. The van der Waals surface area contributed by atoms with E-state index in [1.54, 1.807) is 26.8 Å². The van der Waals surface area contributed by atoms with Crippen molar-refractivity contribution in [3.63, 3.8) is 0 Å². The number of aromatic hydroxyl groups is 1. The van der Waals surface area contributed by atoms with Crippen molar-refractivity contribution < 1.29 is 28.9 Å². The summed E-state index contributed by atoms with van der Waals surface area (Å²) in [4.78, 5) is 24.1. The van der Waals surface area contributed by atoms with Crippen molar-refractivity contribution in [2.45, 2.75) is 39.9 Å². The monoisotopic (exact) mass is 346 g/mol. The van der Waals surface area contributed by atoms with E-state index in [0.717, 1.165) is 0 Å². The number of benzene rings is 1. The molecule has 1 heterocycles. The first-order chi connectivity index (χ1) is 11.7. The average molecular weight is 346 g/mol. The third-order valence-electron chi connectivity index (χ3n) is 4.12. The van der Waals surface area contributed by atoms with Gasteiger partial charge in [-0.1, -0.05) is 12.7 Å². The molecule has 1 aliphatic heterocycles. The molecule has 0 spiro atoms. The van der Waals surface area contributed by atoms with Crippen LogP contribution in [0.3, 0.4) is 0 Å². The van der Waals surface area contributed by atoms with Crippen LogP contribution in [0.4, 0.5) is 0 Å². The van der Waals surface area contributed by atoms with E-state index in [0.29, 0.717) is 16.7 Å². The SMILES string of the molecule is C=C(C)[C@H]1Oc2c(cc(C(C)=O)c(O)c2OC)[C@H]1OC(=O)/C(C)=C\C. The minimum Gasteiger partial charge on any atom is -0.504 e. The van der Waals surface area contributed by atoms with Crippen LogP contribution < -0.4 is 9.47 Å². The van der Waals surface area contributed by atoms with Gasteiger partial charge in [-0.15, -0.1) is 0 Å². The number of methoxy groups -OCH3 is 1. The lowest BCUT2D eigenvalue weighted by Crippen LogP contribution is -2.24. The van der Waals surface area contributed by atoms with Gasteiger partial charge in [-0.2, -0.15) is 0 Å². The maximum absolute atomic E-state index is 12.2. The second kappa shape index (κ2) is 7.01. The molecule has 1 N–H and O–H groups in total. The molecule has 0 saturated carbocycles. The summed E-state index contributed by atoms with van der Waals surface area (Å²) in [5, 5.41) is 10.3. The Kier molecular flexibility index (Phi) is 5.21. The summed E-state index contributed by atoms with van der Waals surface area (Å²) in [6.07, 6.45) is 0.217. The van der Waals surface area contributed by atoms with Crippen LogP contribution in [0.1, 0.15) is 49.7 Å². The molecule has 0 saturated heterocycles. The Morgan fingerprint density at radius 1 is 1.32 bits per heavy atom. The summed E-state index contributed by atoms with van der Waals surface area (Å²) in [6, 6.07) is 1.47. The molecule has 0 aromatic heterocycles. The fourth-order valence-corrected chi connectivity index (χ4v) is 2.60. The molecule has 0 fully saturated rings. The van der Waals surface area contributed by atoms with Crippen molar-refractivity contribution in [1.82, 2.24) is 0 Å². The van der Waals surface area contributed by atoms with Gasteiger partial charge in [-0.05, 0) is 39.3 Å². The Morgan fingerprint density at radius 2 is 1.96 bits per heavy atom. The Bertz CT molecular complexity index is 775. The first-order valence-corrected chi connectivity index (χ1v) is 7.83. The fraction of sp³-hybridized carbons (Fsp3) is 0.368. The predicted molar refractivity (Wildman–Crippen MR) is 92.2 cm³/mol. The zero-order chi connectivity index (χ0) is 18.9. The van der Waals surface area contributed by atoms with Gasteiger partial charge >= 0.3 is 5.97 Å². The van der Waals surface area contributed by atoms with E-state index in [1.807, 2.05) is 0 Å². The molecular weight excluding hydrogens is 324 g/mol. The highest BCUT2D eigenvalue weighted by atomic mass is 16.6. The summed E-state index contributed by atoms with van der Waals surface area (Å²) >= 11 is 0. The molecule has 0 bridgehead atoms. The largest absolute Gasteiger partial charge is 0.504 e. The minimum absolute atomic E-state index is 0.0373. The van der Waals surface area contributed by atoms with E-state index >= 15 is 0 Å². The number of carbonyl (C=O) groups is 2. The highest BCUT2D eigenvalue weighted by Gasteiger charge is 2.42. The van der Waals surface area contributed by atoms with Gasteiger partial charge in [0.2, 0.25) is 5.75 Å². The molecule has 6 nitrogen and oxygen atoms in total. The van der Waals surface area contributed by atoms with E-state index < -0.39 is 18.2 Å². The van der Waals surface area contributed by atoms with E-state index in [1.165, 1.54) is 20.1 Å². The topological polar surface area (TPSA) is 82.1 Å². The first-order valence-electron chi connectivity index (χ1n) is 7.83. The highest BCUT2D eigenvalue weighted by molar-refractivity contribution is 5.98. The predicted octanol–water partition coefficient (Wildman–Crippen LogP) is 3.49. The number of ether oxygens (including phenoxy) is 3. The number of phenolic OH excluding ortho intramolecular Hbond substituents is 1. The van der Waals surface area contributed by atoms with E-state index in [9.17, 15) is 14.7 Å². The molecular formula is C19H22O6. The summed E-state index contributed by atoms with van der Waals surface area (Å²) in [5.74, 6) is -0.853. The van der Waals surface area contributed by atoms with Crippen LogP contribution in [0.2, 0.25) is 0 Å². The van der Waals surface area contributed by atoms with E-state index in [2.05, 4.69) is 6.58 Å². The molecule has 2 atom stereocenters. The van der Waals surface area contributed by atoms with E-state index in [4.69, 9.17) is 14.2 Å². The minimum atomic E-state index is -0.789. The van der Waals surface area contributed by atoms with Gasteiger partial charge in [0.15, 0.2) is 29.5 Å². The quantitative estimate of drug-likeness (QED) is 0.380. The molecule has 0 aliphatic carbocycles. The zero-order valence-corrected chi connectivity index (χ0v) is 15.0. The molecule has 0 radical (unpaired) electrons.